The number of nitrogens with zero attached hydrogens (tertiary/aromatic N) is 4. The molecule has 218 valence electrons. The molecule has 3 atom stereocenters. The van der Waals surface area contributed by atoms with Crippen molar-refractivity contribution < 1.29 is 14.3 Å². The number of benzene rings is 1. The summed E-state index contributed by atoms with van der Waals surface area (Å²) in [6, 6.07) is 4.20. The molecule has 7 heteroatoms. The van der Waals surface area contributed by atoms with Crippen LogP contribution in [0.4, 0.5) is 0 Å². The van der Waals surface area contributed by atoms with Gasteiger partial charge in [0.1, 0.15) is 5.52 Å². The molecule has 1 saturated heterocycles. The van der Waals surface area contributed by atoms with E-state index >= 15 is 0 Å². The summed E-state index contributed by atoms with van der Waals surface area (Å²) in [5, 5.41) is 8.81. The molecular formula is C34H44N4O3. The van der Waals surface area contributed by atoms with E-state index in [0.717, 1.165) is 60.1 Å². The average molecular weight is 557 g/mol. The monoisotopic (exact) mass is 556 g/mol. The van der Waals surface area contributed by atoms with Crippen LogP contribution in [0.5, 0.6) is 0 Å². The molecule has 1 aliphatic heterocycles. The van der Waals surface area contributed by atoms with E-state index in [1.54, 1.807) is 0 Å². The molecule has 1 amide bonds. The summed E-state index contributed by atoms with van der Waals surface area (Å²) >= 11 is 0. The molecule has 1 fully saturated rings. The number of esters is 1. The van der Waals surface area contributed by atoms with Gasteiger partial charge in [-0.2, -0.15) is 0 Å². The molecule has 2 aliphatic carbocycles. The highest BCUT2D eigenvalue weighted by Crippen LogP contribution is 2.49. The van der Waals surface area contributed by atoms with Gasteiger partial charge in [0.15, 0.2) is 0 Å². The fraction of sp³-hybridized carbons (Fsp3) is 0.529. The van der Waals surface area contributed by atoms with Crippen LogP contribution in [0.25, 0.3) is 11.0 Å². The van der Waals surface area contributed by atoms with Gasteiger partial charge in [-0.15, -0.1) is 5.10 Å². The minimum absolute atomic E-state index is 0.00999. The van der Waals surface area contributed by atoms with Crippen molar-refractivity contribution in [1.82, 2.24) is 19.9 Å². The number of fused-ring (bicyclic) bond motifs is 2. The van der Waals surface area contributed by atoms with Gasteiger partial charge in [-0.3, -0.25) is 9.59 Å². The number of hydrogen-bond donors (Lipinski definition) is 0. The molecular weight excluding hydrogens is 512 g/mol. The summed E-state index contributed by atoms with van der Waals surface area (Å²) in [5.41, 5.74) is 8.53. The SMILES string of the molecule is CCn1nnc2c(C)c([C@H](C3=CC=C4CCN(C(=O)C5=CC=C(C)C(C)(C)C5)CC4(C)C3)[C@@H](C)C(=O)OC)ccc21. The first-order valence-electron chi connectivity index (χ1n) is 14.9. The van der Waals surface area contributed by atoms with E-state index in [4.69, 9.17) is 4.74 Å². The molecule has 0 spiro atoms. The number of ether oxygens (including phenoxy) is 1. The van der Waals surface area contributed by atoms with Gasteiger partial charge in [-0.1, -0.05) is 80.0 Å². The Hall–Kier alpha value is -3.48. The molecule has 7 nitrogen and oxygen atoms in total. The van der Waals surface area contributed by atoms with Crippen LogP contribution in [-0.2, 0) is 20.9 Å². The van der Waals surface area contributed by atoms with Crippen LogP contribution in [0.2, 0.25) is 0 Å². The maximum absolute atomic E-state index is 13.8. The smallest absolute Gasteiger partial charge is 0.309 e. The maximum atomic E-state index is 13.8. The number of hydrogen-bond acceptors (Lipinski definition) is 5. The largest absolute Gasteiger partial charge is 0.469 e. The van der Waals surface area contributed by atoms with E-state index in [2.05, 4.69) is 87.1 Å². The van der Waals surface area contributed by atoms with E-state index in [9.17, 15) is 9.59 Å². The van der Waals surface area contributed by atoms with Crippen molar-refractivity contribution in [3.05, 3.63) is 69.9 Å². The number of rotatable bonds is 6. The minimum atomic E-state index is -0.381. The number of carbonyl (C=O) groups is 2. The third-order valence-electron chi connectivity index (χ3n) is 9.94. The van der Waals surface area contributed by atoms with Gasteiger partial charge in [0.25, 0.3) is 0 Å². The topological polar surface area (TPSA) is 77.3 Å². The van der Waals surface area contributed by atoms with Crippen LogP contribution in [0.3, 0.4) is 0 Å². The van der Waals surface area contributed by atoms with Gasteiger partial charge in [0, 0.05) is 36.5 Å². The fourth-order valence-electron chi connectivity index (χ4n) is 7.06. The zero-order chi connectivity index (χ0) is 29.7. The van der Waals surface area contributed by atoms with Crippen molar-refractivity contribution in [2.45, 2.75) is 80.2 Å². The normalized spacial score (nSPS) is 23.6. The Morgan fingerprint density at radius 2 is 1.83 bits per heavy atom. The number of allylic oxidation sites excluding steroid dienone is 6. The molecule has 0 radical (unpaired) electrons. The number of likely N-dealkylation sites (tertiary alicyclic amines) is 1. The third kappa shape index (κ3) is 5.08. The first kappa shape index (κ1) is 29.0. The molecule has 3 aliphatic rings. The van der Waals surface area contributed by atoms with Gasteiger partial charge in [0.05, 0.1) is 18.5 Å². The summed E-state index contributed by atoms with van der Waals surface area (Å²) in [6.07, 6.45) is 11.0. The Morgan fingerprint density at radius 3 is 2.51 bits per heavy atom. The quantitative estimate of drug-likeness (QED) is 0.382. The summed E-state index contributed by atoms with van der Waals surface area (Å²) in [4.78, 5) is 28.8. The van der Waals surface area contributed by atoms with Gasteiger partial charge in [-0.05, 0) is 62.6 Å². The van der Waals surface area contributed by atoms with Crippen LogP contribution in [0.15, 0.2) is 58.7 Å². The zero-order valence-corrected chi connectivity index (χ0v) is 25.9. The molecule has 1 unspecified atom stereocenters. The average Bonchev–Trinajstić information content (AvgIpc) is 3.38. The lowest BCUT2D eigenvalue weighted by atomic mass is 9.65. The second kappa shape index (κ2) is 10.7. The van der Waals surface area contributed by atoms with E-state index in [0.29, 0.717) is 6.54 Å². The lowest BCUT2D eigenvalue weighted by Crippen LogP contribution is -2.48. The fourth-order valence-corrected chi connectivity index (χ4v) is 7.06. The number of piperidine rings is 1. The molecule has 2 heterocycles. The highest BCUT2D eigenvalue weighted by atomic mass is 16.5. The Balaban J connectivity index is 1.47. The Morgan fingerprint density at radius 1 is 1.07 bits per heavy atom. The first-order chi connectivity index (χ1) is 19.4. The van der Waals surface area contributed by atoms with E-state index in [1.165, 1.54) is 23.8 Å². The minimum Gasteiger partial charge on any atom is -0.469 e. The molecule has 0 saturated carbocycles. The maximum Gasteiger partial charge on any atom is 0.309 e. The van der Waals surface area contributed by atoms with Crippen molar-refractivity contribution >= 4 is 22.9 Å². The zero-order valence-electron chi connectivity index (χ0n) is 25.9. The third-order valence-corrected chi connectivity index (χ3v) is 9.94. The number of methoxy groups -OCH3 is 1. The van der Waals surface area contributed by atoms with Crippen LogP contribution in [-0.4, -0.2) is 52.0 Å². The lowest BCUT2D eigenvalue weighted by molar-refractivity contribution is -0.145. The Labute approximate surface area is 244 Å². The van der Waals surface area contributed by atoms with E-state index in [-0.39, 0.29) is 34.5 Å². The molecule has 41 heavy (non-hydrogen) atoms. The van der Waals surface area contributed by atoms with Crippen molar-refractivity contribution in [3.8, 4) is 0 Å². The van der Waals surface area contributed by atoms with E-state index < -0.39 is 0 Å². The van der Waals surface area contributed by atoms with Crippen molar-refractivity contribution in [3.63, 3.8) is 0 Å². The van der Waals surface area contributed by atoms with Crippen molar-refractivity contribution in [1.29, 1.82) is 0 Å². The number of amides is 1. The van der Waals surface area contributed by atoms with Crippen LogP contribution >= 0.6 is 0 Å². The van der Waals surface area contributed by atoms with E-state index in [1.807, 2.05) is 17.7 Å². The summed E-state index contributed by atoms with van der Waals surface area (Å²) in [6.45, 7) is 17.1. The van der Waals surface area contributed by atoms with Crippen molar-refractivity contribution in [2.75, 3.05) is 20.2 Å². The van der Waals surface area contributed by atoms with Crippen LogP contribution in [0.1, 0.15) is 77.8 Å². The highest BCUT2D eigenvalue weighted by Gasteiger charge is 2.43. The molecule has 5 rings (SSSR count). The Kier molecular flexibility index (Phi) is 7.60. The van der Waals surface area contributed by atoms with Gasteiger partial charge >= 0.3 is 5.97 Å². The summed E-state index contributed by atoms with van der Waals surface area (Å²) in [5.74, 6) is -0.636. The van der Waals surface area contributed by atoms with Crippen LogP contribution in [0, 0.1) is 23.7 Å². The number of carbonyl (C=O) groups excluding carboxylic acids is 2. The first-order valence-corrected chi connectivity index (χ1v) is 14.9. The molecule has 0 N–H and O–H groups in total. The second-order valence-corrected chi connectivity index (χ2v) is 13.1. The molecule has 0 bridgehead atoms. The summed E-state index contributed by atoms with van der Waals surface area (Å²) < 4.78 is 7.15. The second-order valence-electron chi connectivity index (χ2n) is 13.1. The van der Waals surface area contributed by atoms with Gasteiger partial charge in [-0.25, -0.2) is 4.68 Å². The Bertz CT molecular complexity index is 1520. The highest BCUT2D eigenvalue weighted by molar-refractivity contribution is 5.94. The predicted octanol–water partition coefficient (Wildman–Crippen LogP) is 6.45. The standard InChI is InChI=1S/C34H44N4O3/c1-9-38-28-15-14-27(22(3)30(28)35-36-38)29(23(4)32(40)41-8)24-12-13-26-16-17-37(20-34(26,7)19-24)31(39)25-11-10-21(2)33(5,6)18-25/h10-15,23,29H,9,16-20H2,1-8H3/t23-,29+,34?/m1/s1. The number of aromatic nitrogens is 3. The van der Waals surface area contributed by atoms with Crippen molar-refractivity contribution in [2.24, 2.45) is 16.7 Å². The number of aryl methyl sites for hydroxylation is 2. The van der Waals surface area contributed by atoms with Gasteiger partial charge < -0.3 is 9.64 Å². The van der Waals surface area contributed by atoms with Crippen LogP contribution < -0.4 is 0 Å². The predicted molar refractivity (Wildman–Crippen MR) is 162 cm³/mol. The van der Waals surface area contributed by atoms with Gasteiger partial charge in [0.2, 0.25) is 5.91 Å². The lowest BCUT2D eigenvalue weighted by Gasteiger charge is -2.46. The molecule has 1 aromatic carbocycles. The summed E-state index contributed by atoms with van der Waals surface area (Å²) in [7, 11) is 1.45. The molecule has 2 aromatic rings. The molecule has 1 aromatic heterocycles.